The second kappa shape index (κ2) is 37.4. The third-order valence-electron chi connectivity index (χ3n) is 10.7. The van der Waals surface area contributed by atoms with Crippen molar-refractivity contribution in [2.24, 2.45) is 10.7 Å². The number of halogens is 1. The number of aliphatic hydroxyl groups excluding tert-OH is 1. The number of amides is 5. The van der Waals surface area contributed by atoms with E-state index in [9.17, 15) is 29.1 Å². The number of ether oxygens (including phenoxy) is 11. The van der Waals surface area contributed by atoms with E-state index in [2.05, 4.69) is 20.6 Å². The Bertz CT molecular complexity index is 1990. The molecule has 1 saturated heterocycles. The molecular formula is C48H77FN9O18+. The van der Waals surface area contributed by atoms with Gasteiger partial charge in [-0.25, -0.2) is 19.8 Å². The van der Waals surface area contributed by atoms with Gasteiger partial charge in [0.2, 0.25) is 25.2 Å². The van der Waals surface area contributed by atoms with E-state index in [1.165, 1.54) is 34.4 Å². The molecule has 4 rings (SSSR count). The Morgan fingerprint density at radius 3 is 1.74 bits per heavy atom. The number of carbonyl (C=O) groups is 5. The van der Waals surface area contributed by atoms with Gasteiger partial charge in [-0.15, -0.1) is 0 Å². The number of fused-ring (bicyclic) bond motifs is 1. The SMILES string of the molecule is CCCN(OCC)C(=O)C1=Cc2ncc(C(=O)N3C[N+](F)(CNC(=O)OCCOCCOCCOCCOCCOCCOCCOCCOCCOCCOCCNC(=O)CN4C(=O)C=CC4O)C3)cc2N=C(N)C1. The smallest absolute Gasteiger partial charge is 0.411 e. The number of aliphatic hydroxyl groups is 1. The summed E-state index contributed by atoms with van der Waals surface area (Å²) in [6.07, 6.45) is 4.32. The van der Waals surface area contributed by atoms with Crippen molar-refractivity contribution in [3.63, 3.8) is 0 Å². The Labute approximate surface area is 442 Å². The second-order valence-corrected chi connectivity index (χ2v) is 16.7. The molecule has 1 aromatic heterocycles. The highest BCUT2D eigenvalue weighted by molar-refractivity contribution is 6.05. The molecule has 1 atom stereocenters. The van der Waals surface area contributed by atoms with Crippen molar-refractivity contribution in [3.8, 4) is 0 Å². The summed E-state index contributed by atoms with van der Waals surface area (Å²) in [5, 5.41) is 15.9. The number of quaternary nitrogens is 1. The van der Waals surface area contributed by atoms with E-state index >= 15 is 4.48 Å². The van der Waals surface area contributed by atoms with Crippen molar-refractivity contribution >= 4 is 47.3 Å². The number of aliphatic imine (C=N–C) groups is 1. The van der Waals surface area contributed by atoms with Crippen LogP contribution in [-0.4, -0.2) is 256 Å². The highest BCUT2D eigenvalue weighted by Crippen LogP contribution is 2.29. The molecule has 0 saturated carbocycles. The van der Waals surface area contributed by atoms with Crippen molar-refractivity contribution in [1.82, 2.24) is 30.5 Å². The van der Waals surface area contributed by atoms with Gasteiger partial charge in [-0.1, -0.05) is 11.6 Å². The Hall–Kier alpha value is -5.34. The highest BCUT2D eigenvalue weighted by atomic mass is 19.2. The summed E-state index contributed by atoms with van der Waals surface area (Å²) in [5.41, 5.74) is 7.28. The monoisotopic (exact) mass is 1090 g/mol. The number of rotatable bonds is 43. The molecule has 4 heterocycles. The minimum Gasteiger partial charge on any atom is -0.447 e. The molecule has 0 aliphatic carbocycles. The fourth-order valence-corrected chi connectivity index (χ4v) is 6.92. The first-order chi connectivity index (χ1) is 36.9. The van der Waals surface area contributed by atoms with Gasteiger partial charge in [0.05, 0.1) is 156 Å². The quantitative estimate of drug-likeness (QED) is 0.0374. The predicted molar refractivity (Wildman–Crippen MR) is 266 cm³/mol. The maximum atomic E-state index is 15.2. The summed E-state index contributed by atoms with van der Waals surface area (Å²) in [4.78, 5) is 78.3. The van der Waals surface area contributed by atoms with Crippen LogP contribution >= 0.6 is 0 Å². The molecule has 5 amide bonds. The molecule has 27 nitrogen and oxygen atoms in total. The molecule has 0 bridgehead atoms. The molecule has 28 heteroatoms. The number of nitrogens with zero attached hydrogens (tertiary/aromatic N) is 6. The Morgan fingerprint density at radius 2 is 1.26 bits per heavy atom. The van der Waals surface area contributed by atoms with Crippen LogP contribution in [0.3, 0.4) is 0 Å². The van der Waals surface area contributed by atoms with Crippen molar-refractivity contribution in [2.75, 3.05) is 185 Å². The zero-order chi connectivity index (χ0) is 54.6. The van der Waals surface area contributed by atoms with E-state index in [-0.39, 0.29) is 82.5 Å². The minimum absolute atomic E-state index is 0.0569. The topological polar surface area (TPSA) is 301 Å². The van der Waals surface area contributed by atoms with E-state index < -0.39 is 35.5 Å². The van der Waals surface area contributed by atoms with Crippen LogP contribution in [0.1, 0.15) is 42.7 Å². The fraction of sp³-hybridized carbons (Fsp3) is 0.688. The van der Waals surface area contributed by atoms with Gasteiger partial charge in [-0.05, 0) is 31.6 Å². The number of hydroxylamine groups is 2. The van der Waals surface area contributed by atoms with Crippen LogP contribution < -0.4 is 16.4 Å². The first kappa shape index (κ1) is 63.2. The Balaban J connectivity index is 0.836. The van der Waals surface area contributed by atoms with Gasteiger partial charge in [0, 0.05) is 41.8 Å². The van der Waals surface area contributed by atoms with Crippen LogP contribution in [0.4, 0.5) is 15.0 Å². The summed E-state index contributed by atoms with van der Waals surface area (Å²) in [6, 6.07) is 1.49. The Morgan fingerprint density at radius 1 is 0.763 bits per heavy atom. The molecule has 1 unspecified atom stereocenters. The molecule has 1 fully saturated rings. The molecule has 0 aromatic carbocycles. The molecule has 3 aliphatic heterocycles. The van der Waals surface area contributed by atoms with Gasteiger partial charge in [-0.3, -0.25) is 34.3 Å². The predicted octanol–water partition coefficient (Wildman–Crippen LogP) is -0.198. The maximum absolute atomic E-state index is 15.2. The number of nitrogens with two attached hydrogens (primary N) is 1. The van der Waals surface area contributed by atoms with Crippen LogP contribution in [0.25, 0.3) is 6.08 Å². The van der Waals surface area contributed by atoms with E-state index in [4.69, 9.17) is 62.7 Å². The number of alkyl carbamates (subject to hydrolysis) is 1. The van der Waals surface area contributed by atoms with E-state index in [1.807, 2.05) is 6.92 Å². The van der Waals surface area contributed by atoms with Gasteiger partial charge in [0.1, 0.15) is 25.2 Å². The fourth-order valence-electron chi connectivity index (χ4n) is 6.92. The minimum atomic E-state index is -1.11. The first-order valence-corrected chi connectivity index (χ1v) is 25.4. The largest absolute Gasteiger partial charge is 0.447 e. The summed E-state index contributed by atoms with van der Waals surface area (Å²) in [6.45, 7) is 10.9. The third-order valence-corrected chi connectivity index (χ3v) is 10.7. The highest BCUT2D eigenvalue weighted by Gasteiger charge is 2.48. The number of pyridine rings is 1. The van der Waals surface area contributed by atoms with E-state index in [0.29, 0.717) is 149 Å². The van der Waals surface area contributed by atoms with Crippen LogP contribution in [0, 0.1) is 0 Å². The number of aromatic nitrogens is 1. The molecule has 0 radical (unpaired) electrons. The van der Waals surface area contributed by atoms with Crippen LogP contribution in [0.2, 0.25) is 0 Å². The summed E-state index contributed by atoms with van der Waals surface area (Å²) in [5.74, 6) is -1.45. The average Bonchev–Trinajstić information content (AvgIpc) is 3.60. The number of hydrogen-bond donors (Lipinski definition) is 4. The molecule has 428 valence electrons. The molecular weight excluding hydrogens is 1010 g/mol. The summed E-state index contributed by atoms with van der Waals surface area (Å²) in [7, 11) is 0. The van der Waals surface area contributed by atoms with Gasteiger partial charge >= 0.3 is 6.09 Å². The number of carbonyl (C=O) groups excluding carboxylic acids is 5. The lowest BCUT2D eigenvalue weighted by atomic mass is 10.1. The van der Waals surface area contributed by atoms with Crippen molar-refractivity contribution in [2.45, 2.75) is 32.9 Å². The maximum Gasteiger partial charge on any atom is 0.411 e. The second-order valence-electron chi connectivity index (χ2n) is 16.7. The molecule has 0 spiro atoms. The van der Waals surface area contributed by atoms with E-state index in [1.54, 1.807) is 13.0 Å². The summed E-state index contributed by atoms with van der Waals surface area (Å²) >= 11 is 0. The van der Waals surface area contributed by atoms with Gasteiger partial charge in [-0.2, -0.15) is 0 Å². The van der Waals surface area contributed by atoms with Crippen LogP contribution in [0.15, 0.2) is 35.0 Å². The molecule has 5 N–H and O–H groups in total. The van der Waals surface area contributed by atoms with E-state index in [0.717, 1.165) is 4.90 Å². The van der Waals surface area contributed by atoms with Crippen LogP contribution in [0.5, 0.6) is 0 Å². The number of nitrogens with one attached hydrogen (secondary N) is 2. The molecule has 76 heavy (non-hydrogen) atoms. The zero-order valence-electron chi connectivity index (χ0n) is 43.7. The zero-order valence-corrected chi connectivity index (χ0v) is 43.7. The van der Waals surface area contributed by atoms with Gasteiger partial charge < -0.3 is 73.2 Å². The Kier molecular flexibility index (Phi) is 31.1. The third kappa shape index (κ3) is 25.2. The lowest BCUT2D eigenvalue weighted by molar-refractivity contribution is -1.11. The van der Waals surface area contributed by atoms with Crippen molar-refractivity contribution < 1.29 is 95.2 Å². The van der Waals surface area contributed by atoms with Crippen LogP contribution in [-0.2, 0) is 71.3 Å². The average molecular weight is 1090 g/mol. The molecule has 3 aliphatic rings. The lowest BCUT2D eigenvalue weighted by Gasteiger charge is -2.41. The summed E-state index contributed by atoms with van der Waals surface area (Å²) < 4.78 is 73.7. The van der Waals surface area contributed by atoms with Crippen molar-refractivity contribution in [1.29, 1.82) is 0 Å². The van der Waals surface area contributed by atoms with Gasteiger partial charge in [0.15, 0.2) is 6.67 Å². The van der Waals surface area contributed by atoms with Gasteiger partial charge in [0.25, 0.3) is 11.8 Å². The molecule has 1 aromatic rings. The lowest BCUT2D eigenvalue weighted by Crippen LogP contribution is -2.68. The number of amidine groups is 1. The van der Waals surface area contributed by atoms with Crippen molar-refractivity contribution in [3.05, 3.63) is 41.2 Å². The number of hydrogen-bond acceptors (Lipinski definition) is 21. The first-order valence-electron chi connectivity index (χ1n) is 25.4. The standard InChI is InChI=1S/C48H76FN9O18/c1-3-8-57(76-4-2)47(63)38-30-40-41(54-42(50)32-38)31-39(33-52-40)46(62)55-36-58(49,37-55)35-53-48(64)75-29-28-74-27-26-73-25-24-72-23-22-71-21-20-70-19-18-69-17-16-68-15-14-67-13-12-66-11-10-65-9-7-51-43(59)34-56-44(60)5-6-45(56)61/h5-6,30-31,33,44,60H,3-4,7-29,32,34-37H2,1-2H3,(H3-,50,51,53,54,59,63,64)/p+1. The normalized spacial score (nSPS) is 15.7.